The molecule has 0 saturated carbocycles. The highest BCUT2D eigenvalue weighted by Crippen LogP contribution is 2.19. The molecular weight excluding hydrogens is 321 g/mol. The first-order chi connectivity index (χ1) is 10.9. The normalized spacial score (nSPS) is 19.7. The molecule has 0 N–H and O–H groups in total. The lowest BCUT2D eigenvalue weighted by molar-refractivity contribution is -0.132. The first-order valence-electron chi connectivity index (χ1n) is 7.64. The van der Waals surface area contributed by atoms with Crippen molar-refractivity contribution < 1.29 is 22.3 Å². The van der Waals surface area contributed by atoms with Gasteiger partial charge >= 0.3 is 0 Å². The molecule has 0 aliphatic carbocycles. The minimum atomic E-state index is -3.06. The molecule has 23 heavy (non-hydrogen) atoms. The Kier molecular flexibility index (Phi) is 6.12. The predicted octanol–water partition coefficient (Wildman–Crippen LogP) is 1.42. The summed E-state index contributed by atoms with van der Waals surface area (Å²) >= 11 is 0. The number of benzene rings is 1. The average Bonchev–Trinajstić information content (AvgIpc) is 2.86. The van der Waals surface area contributed by atoms with E-state index in [2.05, 4.69) is 0 Å². The van der Waals surface area contributed by atoms with Gasteiger partial charge in [-0.1, -0.05) is 12.1 Å². The zero-order chi connectivity index (χ0) is 16.9. The molecule has 7 heteroatoms. The molecule has 1 atom stereocenters. The lowest BCUT2D eigenvalue weighted by Gasteiger charge is -2.28. The van der Waals surface area contributed by atoms with E-state index in [1.165, 1.54) is 12.1 Å². The van der Waals surface area contributed by atoms with Crippen LogP contribution in [0, 0.1) is 5.82 Å². The van der Waals surface area contributed by atoms with Crippen molar-refractivity contribution >= 4 is 15.7 Å². The summed E-state index contributed by atoms with van der Waals surface area (Å²) in [6.45, 7) is 0.980. The molecule has 0 radical (unpaired) electrons. The van der Waals surface area contributed by atoms with E-state index in [1.54, 1.807) is 24.1 Å². The first-order valence-corrected chi connectivity index (χ1v) is 9.47. The number of hydrogen-bond donors (Lipinski definition) is 0. The molecule has 1 heterocycles. The summed E-state index contributed by atoms with van der Waals surface area (Å²) in [6, 6.07) is 5.51. The number of halogens is 1. The van der Waals surface area contributed by atoms with Gasteiger partial charge in [0.2, 0.25) is 5.91 Å². The van der Waals surface area contributed by atoms with Crippen molar-refractivity contribution in [2.24, 2.45) is 0 Å². The van der Waals surface area contributed by atoms with Crippen LogP contribution >= 0.6 is 0 Å². The van der Waals surface area contributed by atoms with Gasteiger partial charge in [-0.15, -0.1) is 0 Å². The zero-order valence-electron chi connectivity index (χ0n) is 13.2. The van der Waals surface area contributed by atoms with Crippen molar-refractivity contribution in [2.75, 3.05) is 31.8 Å². The fourth-order valence-corrected chi connectivity index (χ4v) is 4.52. The fraction of sp³-hybridized carbons (Fsp3) is 0.562. The smallest absolute Gasteiger partial charge is 0.227 e. The number of rotatable bonds is 7. The Bertz CT molecular complexity index is 630. The fourth-order valence-electron chi connectivity index (χ4n) is 2.79. The Morgan fingerprint density at radius 1 is 1.35 bits per heavy atom. The molecule has 1 saturated heterocycles. The Morgan fingerprint density at radius 2 is 2.04 bits per heavy atom. The van der Waals surface area contributed by atoms with E-state index in [0.717, 1.165) is 0 Å². The summed E-state index contributed by atoms with van der Waals surface area (Å²) in [4.78, 5) is 14.2. The standard InChI is InChI=1S/C16H22FNO4S/c1-22-9-2-8-18(15-7-10-23(20,21)12-15)16(19)11-13-3-5-14(17)6-4-13/h3-6,15H,2,7-12H2,1H3/t15-/m0/s1. The lowest BCUT2D eigenvalue weighted by Crippen LogP contribution is -2.42. The average molecular weight is 343 g/mol. The Morgan fingerprint density at radius 3 is 2.61 bits per heavy atom. The molecule has 1 aliphatic rings. The van der Waals surface area contributed by atoms with Crippen LogP contribution in [0.1, 0.15) is 18.4 Å². The summed E-state index contributed by atoms with van der Waals surface area (Å²) in [6.07, 6.45) is 1.27. The second kappa shape index (κ2) is 7.88. The van der Waals surface area contributed by atoms with E-state index in [-0.39, 0.29) is 35.7 Å². The first kappa shape index (κ1) is 17.9. The van der Waals surface area contributed by atoms with Crippen molar-refractivity contribution in [3.05, 3.63) is 35.6 Å². The molecule has 0 spiro atoms. The van der Waals surface area contributed by atoms with Gasteiger partial charge < -0.3 is 9.64 Å². The maximum Gasteiger partial charge on any atom is 0.227 e. The van der Waals surface area contributed by atoms with Crippen LogP contribution in [-0.4, -0.2) is 57.0 Å². The second-order valence-corrected chi connectivity index (χ2v) is 8.02. The van der Waals surface area contributed by atoms with E-state index in [9.17, 15) is 17.6 Å². The third-order valence-corrected chi connectivity index (χ3v) is 5.74. The number of carbonyl (C=O) groups is 1. The van der Waals surface area contributed by atoms with Gasteiger partial charge in [0.05, 0.1) is 17.9 Å². The van der Waals surface area contributed by atoms with Crippen LogP contribution in [0.3, 0.4) is 0 Å². The molecule has 5 nitrogen and oxygen atoms in total. The van der Waals surface area contributed by atoms with Crippen LogP contribution in [0.5, 0.6) is 0 Å². The lowest BCUT2D eigenvalue weighted by atomic mass is 10.1. The molecule has 1 aromatic rings. The van der Waals surface area contributed by atoms with Gasteiger partial charge in [0, 0.05) is 26.3 Å². The van der Waals surface area contributed by atoms with Crippen molar-refractivity contribution in [3.63, 3.8) is 0 Å². The van der Waals surface area contributed by atoms with Crippen LogP contribution < -0.4 is 0 Å². The van der Waals surface area contributed by atoms with Crippen LogP contribution in [0.2, 0.25) is 0 Å². The number of carbonyl (C=O) groups excluding carboxylic acids is 1. The molecule has 1 amide bonds. The number of methoxy groups -OCH3 is 1. The van der Waals surface area contributed by atoms with Gasteiger partial charge in [-0.3, -0.25) is 4.79 Å². The van der Waals surface area contributed by atoms with Gasteiger partial charge in [-0.25, -0.2) is 12.8 Å². The van der Waals surface area contributed by atoms with Crippen molar-refractivity contribution in [2.45, 2.75) is 25.3 Å². The number of sulfone groups is 1. The third kappa shape index (κ3) is 5.28. The van der Waals surface area contributed by atoms with Gasteiger partial charge in [-0.2, -0.15) is 0 Å². The van der Waals surface area contributed by atoms with Crippen LogP contribution in [0.15, 0.2) is 24.3 Å². The number of amides is 1. The summed E-state index contributed by atoms with van der Waals surface area (Å²) < 4.78 is 41.3. The van der Waals surface area contributed by atoms with Crippen molar-refractivity contribution in [1.82, 2.24) is 4.90 Å². The Balaban J connectivity index is 2.05. The molecule has 1 aromatic carbocycles. The third-order valence-electron chi connectivity index (χ3n) is 3.99. The van der Waals surface area contributed by atoms with E-state index in [4.69, 9.17) is 4.74 Å². The van der Waals surface area contributed by atoms with Crippen LogP contribution in [0.25, 0.3) is 0 Å². The summed E-state index contributed by atoms with van der Waals surface area (Å²) in [7, 11) is -1.47. The molecule has 128 valence electrons. The quantitative estimate of drug-likeness (QED) is 0.703. The van der Waals surface area contributed by atoms with E-state index in [0.29, 0.717) is 31.6 Å². The molecular formula is C16H22FNO4S. The van der Waals surface area contributed by atoms with Gasteiger partial charge in [0.1, 0.15) is 5.82 Å². The summed E-state index contributed by atoms with van der Waals surface area (Å²) in [5.74, 6) is -0.327. The van der Waals surface area contributed by atoms with E-state index >= 15 is 0 Å². The highest BCUT2D eigenvalue weighted by Gasteiger charge is 2.34. The maximum absolute atomic E-state index is 12.9. The minimum Gasteiger partial charge on any atom is -0.385 e. The Labute approximate surface area is 136 Å². The molecule has 1 aliphatic heterocycles. The Hall–Kier alpha value is -1.47. The molecule has 0 bridgehead atoms. The topological polar surface area (TPSA) is 63.7 Å². The largest absolute Gasteiger partial charge is 0.385 e. The monoisotopic (exact) mass is 343 g/mol. The zero-order valence-corrected chi connectivity index (χ0v) is 14.0. The van der Waals surface area contributed by atoms with Gasteiger partial charge in [-0.05, 0) is 30.5 Å². The minimum absolute atomic E-state index is 0.0230. The van der Waals surface area contributed by atoms with E-state index < -0.39 is 9.84 Å². The second-order valence-electron chi connectivity index (χ2n) is 5.79. The predicted molar refractivity (Wildman–Crippen MR) is 85.4 cm³/mol. The number of hydrogen-bond acceptors (Lipinski definition) is 4. The highest BCUT2D eigenvalue weighted by atomic mass is 32.2. The molecule has 0 unspecified atom stereocenters. The maximum atomic E-state index is 12.9. The highest BCUT2D eigenvalue weighted by molar-refractivity contribution is 7.91. The van der Waals surface area contributed by atoms with Crippen LogP contribution in [-0.2, 0) is 25.8 Å². The summed E-state index contributed by atoms with van der Waals surface area (Å²) in [5.41, 5.74) is 0.717. The van der Waals surface area contributed by atoms with Gasteiger partial charge in [0.25, 0.3) is 0 Å². The summed E-state index contributed by atoms with van der Waals surface area (Å²) in [5, 5.41) is 0. The SMILES string of the molecule is COCCCN(C(=O)Cc1ccc(F)cc1)[C@H]1CCS(=O)(=O)C1. The molecule has 2 rings (SSSR count). The van der Waals surface area contributed by atoms with E-state index in [1.807, 2.05) is 0 Å². The van der Waals surface area contributed by atoms with Crippen molar-refractivity contribution in [1.29, 1.82) is 0 Å². The van der Waals surface area contributed by atoms with Crippen molar-refractivity contribution in [3.8, 4) is 0 Å². The molecule has 1 fully saturated rings. The number of ether oxygens (including phenoxy) is 1. The number of nitrogens with zero attached hydrogens (tertiary/aromatic N) is 1. The molecule has 0 aromatic heterocycles. The van der Waals surface area contributed by atoms with Gasteiger partial charge in [0.15, 0.2) is 9.84 Å². The van der Waals surface area contributed by atoms with Crippen LogP contribution in [0.4, 0.5) is 4.39 Å².